The number of hydrogen-bond acceptors (Lipinski definition) is 3. The lowest BCUT2D eigenvalue weighted by Crippen LogP contribution is -2.13. The van der Waals surface area contributed by atoms with Gasteiger partial charge in [-0.3, -0.25) is 0 Å². The fraction of sp³-hybridized carbons (Fsp3) is 0.444. The minimum Gasteiger partial charge on any atom is -0.488 e. The zero-order valence-corrected chi connectivity index (χ0v) is 14.4. The standard InChI is InChI=1S/C18H25NOS/c1-13-6-9-17(16(10-13)18(2,3)4)20-12-15-8-7-14(21-15)11-19-5/h6-10,19H,11-12H2,1-5H3. The van der Waals surface area contributed by atoms with E-state index in [1.54, 1.807) is 11.3 Å². The highest BCUT2D eigenvalue weighted by Crippen LogP contribution is 2.33. The smallest absolute Gasteiger partial charge is 0.123 e. The molecule has 2 aromatic rings. The number of hydrogen-bond donors (Lipinski definition) is 1. The van der Waals surface area contributed by atoms with Crippen LogP contribution >= 0.6 is 11.3 Å². The van der Waals surface area contributed by atoms with Crippen molar-refractivity contribution in [2.45, 2.75) is 46.3 Å². The van der Waals surface area contributed by atoms with Gasteiger partial charge in [-0.1, -0.05) is 38.5 Å². The summed E-state index contributed by atoms with van der Waals surface area (Å²) < 4.78 is 6.09. The third-order valence-corrected chi connectivity index (χ3v) is 4.44. The average molecular weight is 303 g/mol. The molecule has 0 saturated carbocycles. The van der Waals surface area contributed by atoms with Crippen molar-refractivity contribution in [3.63, 3.8) is 0 Å². The van der Waals surface area contributed by atoms with Gasteiger partial charge in [-0.25, -0.2) is 0 Å². The molecule has 1 aromatic carbocycles. The number of rotatable bonds is 5. The first-order chi connectivity index (χ1) is 9.90. The van der Waals surface area contributed by atoms with E-state index in [0.717, 1.165) is 12.3 Å². The molecule has 1 heterocycles. The third-order valence-electron chi connectivity index (χ3n) is 3.38. The van der Waals surface area contributed by atoms with E-state index < -0.39 is 0 Å². The molecule has 0 atom stereocenters. The third kappa shape index (κ3) is 4.32. The number of nitrogens with one attached hydrogen (secondary N) is 1. The monoisotopic (exact) mass is 303 g/mol. The van der Waals surface area contributed by atoms with Gasteiger partial charge in [0.1, 0.15) is 12.4 Å². The first-order valence-electron chi connectivity index (χ1n) is 7.36. The quantitative estimate of drug-likeness (QED) is 0.868. The fourth-order valence-corrected chi connectivity index (χ4v) is 3.22. The Hall–Kier alpha value is -1.32. The predicted molar refractivity (Wildman–Crippen MR) is 91.3 cm³/mol. The maximum atomic E-state index is 6.09. The minimum absolute atomic E-state index is 0.0914. The van der Waals surface area contributed by atoms with E-state index in [0.29, 0.717) is 6.61 Å². The van der Waals surface area contributed by atoms with Crippen molar-refractivity contribution in [1.82, 2.24) is 5.32 Å². The summed E-state index contributed by atoms with van der Waals surface area (Å²) in [4.78, 5) is 2.61. The van der Waals surface area contributed by atoms with Crippen LogP contribution in [0.1, 0.15) is 41.7 Å². The zero-order valence-electron chi connectivity index (χ0n) is 13.6. The first-order valence-corrected chi connectivity index (χ1v) is 8.18. The van der Waals surface area contributed by atoms with Crippen molar-refractivity contribution >= 4 is 11.3 Å². The summed E-state index contributed by atoms with van der Waals surface area (Å²) in [7, 11) is 1.97. The number of aryl methyl sites for hydroxylation is 1. The summed E-state index contributed by atoms with van der Waals surface area (Å²) in [6, 6.07) is 10.8. The lowest BCUT2D eigenvalue weighted by molar-refractivity contribution is 0.301. The summed E-state index contributed by atoms with van der Waals surface area (Å²) in [5.41, 5.74) is 2.64. The number of thiophene rings is 1. The molecule has 0 amide bonds. The van der Waals surface area contributed by atoms with Gasteiger partial charge in [0.25, 0.3) is 0 Å². The van der Waals surface area contributed by atoms with Crippen LogP contribution in [0.4, 0.5) is 0 Å². The van der Waals surface area contributed by atoms with Crippen molar-refractivity contribution in [2.75, 3.05) is 7.05 Å². The summed E-state index contributed by atoms with van der Waals surface area (Å²) in [5.74, 6) is 0.997. The van der Waals surface area contributed by atoms with Gasteiger partial charge in [-0.2, -0.15) is 0 Å². The molecule has 2 nitrogen and oxygen atoms in total. The van der Waals surface area contributed by atoms with Crippen LogP contribution in [0.25, 0.3) is 0 Å². The van der Waals surface area contributed by atoms with Crippen molar-refractivity contribution < 1.29 is 4.74 Å². The average Bonchev–Trinajstić information content (AvgIpc) is 2.84. The van der Waals surface area contributed by atoms with E-state index in [-0.39, 0.29) is 5.41 Å². The summed E-state index contributed by atoms with van der Waals surface area (Å²) >= 11 is 1.81. The normalized spacial score (nSPS) is 11.7. The second-order valence-corrected chi connectivity index (χ2v) is 7.69. The van der Waals surface area contributed by atoms with Crippen molar-refractivity contribution in [1.29, 1.82) is 0 Å². The maximum absolute atomic E-state index is 6.09. The molecule has 0 bridgehead atoms. The molecule has 0 fully saturated rings. The molecule has 0 aliphatic carbocycles. The lowest BCUT2D eigenvalue weighted by Gasteiger charge is -2.23. The van der Waals surface area contributed by atoms with Gasteiger partial charge in [0.15, 0.2) is 0 Å². The van der Waals surface area contributed by atoms with Crippen LogP contribution in [0.2, 0.25) is 0 Å². The van der Waals surface area contributed by atoms with Crippen molar-refractivity contribution in [3.05, 3.63) is 51.2 Å². The highest BCUT2D eigenvalue weighted by molar-refractivity contribution is 7.11. The van der Waals surface area contributed by atoms with Gasteiger partial charge in [0, 0.05) is 16.3 Å². The molecule has 0 aliphatic heterocycles. The molecule has 114 valence electrons. The van der Waals surface area contributed by atoms with E-state index in [1.807, 2.05) is 7.05 Å². The largest absolute Gasteiger partial charge is 0.488 e. The molecule has 1 aromatic heterocycles. The Morgan fingerprint density at radius 2 is 1.81 bits per heavy atom. The SMILES string of the molecule is CNCc1ccc(COc2ccc(C)cc2C(C)(C)C)s1. The highest BCUT2D eigenvalue weighted by Gasteiger charge is 2.19. The Balaban J connectivity index is 2.12. The van der Waals surface area contributed by atoms with E-state index >= 15 is 0 Å². The zero-order chi connectivity index (χ0) is 15.5. The van der Waals surface area contributed by atoms with Gasteiger partial charge >= 0.3 is 0 Å². The topological polar surface area (TPSA) is 21.3 Å². The number of benzene rings is 1. The lowest BCUT2D eigenvalue weighted by atomic mass is 9.85. The van der Waals surface area contributed by atoms with Crippen LogP contribution in [0.3, 0.4) is 0 Å². The highest BCUT2D eigenvalue weighted by atomic mass is 32.1. The van der Waals surface area contributed by atoms with E-state index in [9.17, 15) is 0 Å². The van der Waals surface area contributed by atoms with Crippen LogP contribution < -0.4 is 10.1 Å². The van der Waals surface area contributed by atoms with Crippen LogP contribution in [0, 0.1) is 6.92 Å². The Morgan fingerprint density at radius 3 is 2.48 bits per heavy atom. The van der Waals surface area contributed by atoms with E-state index in [1.165, 1.54) is 20.9 Å². The molecule has 3 heteroatoms. The van der Waals surface area contributed by atoms with Gasteiger partial charge in [0.05, 0.1) is 0 Å². The summed E-state index contributed by atoms with van der Waals surface area (Å²) in [5, 5.41) is 3.18. The summed E-state index contributed by atoms with van der Waals surface area (Å²) in [6.45, 7) is 10.4. The predicted octanol–water partition coefficient (Wildman–Crippen LogP) is 4.65. The summed E-state index contributed by atoms with van der Waals surface area (Å²) in [6.07, 6.45) is 0. The number of ether oxygens (including phenoxy) is 1. The van der Waals surface area contributed by atoms with Gasteiger partial charge in [-0.05, 0) is 43.1 Å². The second-order valence-electron chi connectivity index (χ2n) is 6.44. The Kier molecular flexibility index (Phi) is 5.07. The molecule has 2 rings (SSSR count). The van der Waals surface area contributed by atoms with Crippen LogP contribution in [-0.4, -0.2) is 7.05 Å². The minimum atomic E-state index is 0.0914. The molecule has 0 aliphatic rings. The molecule has 0 saturated heterocycles. The molecule has 0 radical (unpaired) electrons. The molecular formula is C18H25NOS. The van der Waals surface area contributed by atoms with Crippen LogP contribution in [0.15, 0.2) is 30.3 Å². The molecule has 1 N–H and O–H groups in total. The van der Waals surface area contributed by atoms with Crippen LogP contribution in [-0.2, 0) is 18.6 Å². The van der Waals surface area contributed by atoms with Gasteiger partial charge in [0.2, 0.25) is 0 Å². The molecular weight excluding hydrogens is 278 g/mol. The van der Waals surface area contributed by atoms with E-state index in [4.69, 9.17) is 4.74 Å². The fourth-order valence-electron chi connectivity index (χ4n) is 2.27. The first kappa shape index (κ1) is 16.1. The van der Waals surface area contributed by atoms with E-state index in [2.05, 4.69) is 63.3 Å². The van der Waals surface area contributed by atoms with Crippen LogP contribution in [0.5, 0.6) is 5.75 Å². The van der Waals surface area contributed by atoms with Gasteiger partial charge < -0.3 is 10.1 Å². The maximum Gasteiger partial charge on any atom is 0.123 e. The Bertz CT molecular complexity index is 596. The van der Waals surface area contributed by atoms with Crippen molar-refractivity contribution in [2.24, 2.45) is 0 Å². The van der Waals surface area contributed by atoms with Crippen molar-refractivity contribution in [3.8, 4) is 5.75 Å². The second kappa shape index (κ2) is 6.63. The Labute approximate surface area is 132 Å². The molecule has 0 spiro atoms. The Morgan fingerprint density at radius 1 is 1.10 bits per heavy atom. The molecule has 0 unspecified atom stereocenters. The van der Waals surface area contributed by atoms with Gasteiger partial charge in [-0.15, -0.1) is 11.3 Å². The molecule has 21 heavy (non-hydrogen) atoms.